The summed E-state index contributed by atoms with van der Waals surface area (Å²) in [6, 6.07) is 4.99. The third-order valence-corrected chi connectivity index (χ3v) is 6.53. The van der Waals surface area contributed by atoms with Crippen molar-refractivity contribution in [2.24, 2.45) is 5.41 Å². The highest BCUT2D eigenvalue weighted by Crippen LogP contribution is 2.56. The molecule has 2 N–H and O–H groups in total. The molecule has 2 aliphatic rings. The number of hydrogen-bond donors (Lipinski definition) is 2. The summed E-state index contributed by atoms with van der Waals surface area (Å²) in [4.78, 5) is 27.5. The molecule has 1 aliphatic carbocycles. The fraction of sp³-hybridized carbons (Fsp3) is 0.500. The van der Waals surface area contributed by atoms with Crippen LogP contribution in [0.5, 0.6) is 0 Å². The average molecular weight is 388 g/mol. The first-order valence-electron chi connectivity index (χ1n) is 9.46. The minimum atomic E-state index is -0.597. The number of amides is 2. The smallest absolute Gasteiger partial charge is 0.287 e. The maximum absolute atomic E-state index is 13.3. The maximum atomic E-state index is 13.3. The summed E-state index contributed by atoms with van der Waals surface area (Å²) in [5.41, 5.74) is 1.40. The van der Waals surface area contributed by atoms with Gasteiger partial charge >= 0.3 is 0 Å². The van der Waals surface area contributed by atoms with Crippen molar-refractivity contribution in [1.82, 2.24) is 15.5 Å². The third kappa shape index (κ3) is 3.80. The van der Waals surface area contributed by atoms with Gasteiger partial charge in [-0.05, 0) is 79.2 Å². The Bertz CT molecular complexity index is 782. The van der Waals surface area contributed by atoms with Gasteiger partial charge in [-0.25, -0.2) is 0 Å². The van der Waals surface area contributed by atoms with Crippen LogP contribution in [0.1, 0.15) is 42.3 Å². The Labute approximate surface area is 162 Å². The number of furan rings is 1. The van der Waals surface area contributed by atoms with Crippen LogP contribution in [0.25, 0.3) is 0 Å². The van der Waals surface area contributed by atoms with Crippen molar-refractivity contribution < 1.29 is 14.0 Å². The van der Waals surface area contributed by atoms with E-state index in [0.717, 1.165) is 37.9 Å². The molecule has 3 heterocycles. The van der Waals surface area contributed by atoms with Crippen LogP contribution in [0.15, 0.2) is 39.6 Å². The topological polar surface area (TPSA) is 74.6 Å². The summed E-state index contributed by atoms with van der Waals surface area (Å²) in [5, 5.41) is 10.3. The van der Waals surface area contributed by atoms with E-state index in [0.29, 0.717) is 6.54 Å². The first kappa shape index (κ1) is 18.3. The van der Waals surface area contributed by atoms with Gasteiger partial charge in [0.1, 0.15) is 6.04 Å². The van der Waals surface area contributed by atoms with Crippen LogP contribution < -0.4 is 10.6 Å². The van der Waals surface area contributed by atoms with E-state index in [1.165, 1.54) is 6.26 Å². The lowest BCUT2D eigenvalue weighted by atomic mass is 9.93. The number of thiophene rings is 1. The number of nitrogens with zero attached hydrogens (tertiary/aromatic N) is 1. The van der Waals surface area contributed by atoms with Crippen molar-refractivity contribution in [3.63, 3.8) is 0 Å². The summed E-state index contributed by atoms with van der Waals surface area (Å²) in [5.74, 6) is -0.162. The highest BCUT2D eigenvalue weighted by Gasteiger charge is 2.58. The predicted molar refractivity (Wildman–Crippen MR) is 103 cm³/mol. The second kappa shape index (κ2) is 7.48. The molecule has 2 unspecified atom stereocenters. The van der Waals surface area contributed by atoms with Crippen molar-refractivity contribution >= 4 is 23.2 Å². The van der Waals surface area contributed by atoms with Gasteiger partial charge in [-0.15, -0.1) is 0 Å². The zero-order valence-corrected chi connectivity index (χ0v) is 16.3. The van der Waals surface area contributed by atoms with Crippen molar-refractivity contribution in [3.05, 3.63) is 46.5 Å². The summed E-state index contributed by atoms with van der Waals surface area (Å²) < 4.78 is 5.13. The van der Waals surface area contributed by atoms with Crippen LogP contribution in [0.2, 0.25) is 0 Å². The second-order valence-corrected chi connectivity index (χ2v) is 8.38. The number of carbonyl (C=O) groups is 2. The zero-order valence-electron chi connectivity index (χ0n) is 15.4. The number of hydrogen-bond acceptors (Lipinski definition) is 5. The molecule has 1 saturated heterocycles. The SMILES string of the molecule is CC(NC(=O)c1ccco1)C(=O)N(Cc1ccsc1)C1CC12CCNCC2. The molecule has 1 spiro atoms. The Morgan fingerprint density at radius 1 is 1.41 bits per heavy atom. The highest BCUT2D eigenvalue weighted by molar-refractivity contribution is 7.07. The van der Waals surface area contributed by atoms with Gasteiger partial charge in [0, 0.05) is 12.6 Å². The van der Waals surface area contributed by atoms with Crippen LogP contribution in [0.3, 0.4) is 0 Å². The van der Waals surface area contributed by atoms with E-state index in [1.807, 2.05) is 10.3 Å². The van der Waals surface area contributed by atoms with Gasteiger partial charge < -0.3 is 20.0 Å². The average Bonchev–Trinajstić information content (AvgIpc) is 3.12. The zero-order chi connectivity index (χ0) is 18.9. The first-order chi connectivity index (χ1) is 13.1. The van der Waals surface area contributed by atoms with Crippen molar-refractivity contribution in [3.8, 4) is 0 Å². The van der Waals surface area contributed by atoms with Gasteiger partial charge in [-0.2, -0.15) is 11.3 Å². The van der Waals surface area contributed by atoms with Gasteiger partial charge in [0.05, 0.1) is 6.26 Å². The number of carbonyl (C=O) groups excluding carboxylic acids is 2. The Hall–Kier alpha value is -2.12. The Kier molecular flexibility index (Phi) is 5.06. The summed E-state index contributed by atoms with van der Waals surface area (Å²) >= 11 is 1.64. The Morgan fingerprint density at radius 2 is 2.22 bits per heavy atom. The largest absolute Gasteiger partial charge is 0.459 e. The van der Waals surface area contributed by atoms with Gasteiger partial charge in [0.15, 0.2) is 5.76 Å². The lowest BCUT2D eigenvalue weighted by molar-refractivity contribution is -0.134. The van der Waals surface area contributed by atoms with E-state index in [4.69, 9.17) is 4.42 Å². The quantitative estimate of drug-likeness (QED) is 0.799. The summed E-state index contributed by atoms with van der Waals surface area (Å²) in [6.45, 7) is 4.38. The molecule has 1 aliphatic heterocycles. The van der Waals surface area contributed by atoms with Crippen LogP contribution in [0, 0.1) is 5.41 Å². The van der Waals surface area contributed by atoms with Gasteiger partial charge in [-0.1, -0.05) is 0 Å². The molecule has 1 saturated carbocycles. The lowest BCUT2D eigenvalue weighted by Crippen LogP contribution is -2.49. The summed E-state index contributed by atoms with van der Waals surface area (Å²) in [7, 11) is 0. The highest BCUT2D eigenvalue weighted by atomic mass is 32.1. The second-order valence-electron chi connectivity index (χ2n) is 7.60. The van der Waals surface area contributed by atoms with Gasteiger partial charge in [0.25, 0.3) is 5.91 Å². The molecule has 2 aromatic heterocycles. The molecule has 27 heavy (non-hydrogen) atoms. The number of rotatable bonds is 6. The van der Waals surface area contributed by atoms with E-state index >= 15 is 0 Å². The van der Waals surface area contributed by atoms with Gasteiger partial charge in [-0.3, -0.25) is 9.59 Å². The minimum absolute atomic E-state index is 0.0264. The standard InChI is InChI=1S/C20H25N3O3S/c1-14(22-18(24)16-3-2-9-26-16)19(25)23(12-15-4-10-27-13-15)17-11-20(17)5-7-21-8-6-20/h2-4,9-10,13-14,17,21H,5-8,11-12H2,1H3,(H,22,24). The molecular weight excluding hydrogens is 362 g/mol. The van der Waals surface area contributed by atoms with E-state index in [-0.39, 0.29) is 29.0 Å². The van der Waals surface area contributed by atoms with Crippen molar-refractivity contribution in [2.75, 3.05) is 13.1 Å². The van der Waals surface area contributed by atoms with E-state index in [9.17, 15) is 9.59 Å². The first-order valence-corrected chi connectivity index (χ1v) is 10.4. The summed E-state index contributed by atoms with van der Waals surface area (Å²) in [6.07, 6.45) is 4.73. The Balaban J connectivity index is 1.47. The minimum Gasteiger partial charge on any atom is -0.459 e. The van der Waals surface area contributed by atoms with Crippen LogP contribution in [-0.2, 0) is 11.3 Å². The van der Waals surface area contributed by atoms with Crippen LogP contribution in [-0.4, -0.2) is 41.9 Å². The van der Waals surface area contributed by atoms with E-state index in [1.54, 1.807) is 30.4 Å². The fourth-order valence-corrected chi connectivity index (χ4v) is 4.80. The molecule has 2 aromatic rings. The van der Waals surface area contributed by atoms with Crippen LogP contribution in [0.4, 0.5) is 0 Å². The van der Waals surface area contributed by atoms with Crippen LogP contribution >= 0.6 is 11.3 Å². The molecule has 144 valence electrons. The molecular formula is C20H25N3O3S. The molecule has 0 bridgehead atoms. The molecule has 2 fully saturated rings. The molecule has 2 amide bonds. The third-order valence-electron chi connectivity index (χ3n) is 5.80. The monoisotopic (exact) mass is 387 g/mol. The molecule has 6 nitrogen and oxygen atoms in total. The Morgan fingerprint density at radius 3 is 2.89 bits per heavy atom. The predicted octanol–water partition coefficient (Wildman–Crippen LogP) is 2.63. The number of piperidine rings is 1. The number of nitrogens with one attached hydrogen (secondary N) is 2. The molecule has 2 atom stereocenters. The molecule has 4 rings (SSSR count). The molecule has 0 aromatic carbocycles. The van der Waals surface area contributed by atoms with Crippen molar-refractivity contribution in [1.29, 1.82) is 0 Å². The maximum Gasteiger partial charge on any atom is 0.287 e. The lowest BCUT2D eigenvalue weighted by Gasteiger charge is -2.31. The normalized spacial score (nSPS) is 21.6. The fourth-order valence-electron chi connectivity index (χ4n) is 4.14. The molecule has 7 heteroatoms. The van der Waals surface area contributed by atoms with E-state index < -0.39 is 6.04 Å². The molecule has 0 radical (unpaired) electrons. The van der Waals surface area contributed by atoms with E-state index in [2.05, 4.69) is 22.1 Å². The van der Waals surface area contributed by atoms with Crippen molar-refractivity contribution in [2.45, 2.75) is 44.8 Å². The van der Waals surface area contributed by atoms with Gasteiger partial charge in [0.2, 0.25) is 5.91 Å².